The Hall–Kier alpha value is -1.15. The number of nitrogens with one attached hydrogen (secondary N) is 2. The molecule has 0 bridgehead atoms. The second kappa shape index (κ2) is 6.14. The molecule has 1 unspecified atom stereocenters. The van der Waals surface area contributed by atoms with Crippen molar-refractivity contribution in [2.45, 2.75) is 12.5 Å². The van der Waals surface area contributed by atoms with E-state index >= 15 is 0 Å². The molecular formula is C10H19N3O4S. The third-order valence-corrected chi connectivity index (χ3v) is 4.39. The summed E-state index contributed by atoms with van der Waals surface area (Å²) in [6, 6.07) is -0.443. The molecule has 104 valence electrons. The predicted molar refractivity (Wildman–Crippen MR) is 66.8 cm³/mol. The Morgan fingerprint density at radius 1 is 1.28 bits per heavy atom. The van der Waals surface area contributed by atoms with E-state index < -0.39 is 27.7 Å². The summed E-state index contributed by atoms with van der Waals surface area (Å²) in [4.78, 5) is 24.7. The van der Waals surface area contributed by atoms with Gasteiger partial charge in [-0.15, -0.1) is 0 Å². The van der Waals surface area contributed by atoms with E-state index in [9.17, 15) is 18.0 Å². The van der Waals surface area contributed by atoms with Crippen molar-refractivity contribution in [1.82, 2.24) is 15.5 Å². The molecule has 1 fully saturated rings. The third kappa shape index (κ3) is 5.01. The van der Waals surface area contributed by atoms with Gasteiger partial charge < -0.3 is 15.5 Å². The van der Waals surface area contributed by atoms with Crippen LogP contribution in [0.2, 0.25) is 0 Å². The fraction of sp³-hybridized carbons (Fsp3) is 0.800. The molecule has 0 radical (unpaired) electrons. The van der Waals surface area contributed by atoms with Crippen LogP contribution in [0.5, 0.6) is 0 Å². The average Bonchev–Trinajstić information content (AvgIpc) is 2.57. The number of hydrogen-bond acceptors (Lipinski definition) is 5. The van der Waals surface area contributed by atoms with Crippen LogP contribution in [-0.2, 0) is 19.4 Å². The van der Waals surface area contributed by atoms with E-state index in [1.165, 1.54) is 0 Å². The van der Waals surface area contributed by atoms with Crippen molar-refractivity contribution in [2.75, 3.05) is 38.7 Å². The van der Waals surface area contributed by atoms with Crippen LogP contribution in [0.4, 0.5) is 0 Å². The maximum absolute atomic E-state index is 11.5. The fourth-order valence-electron chi connectivity index (χ4n) is 1.63. The van der Waals surface area contributed by atoms with E-state index in [-0.39, 0.29) is 11.5 Å². The van der Waals surface area contributed by atoms with E-state index in [0.717, 1.165) is 0 Å². The lowest BCUT2D eigenvalue weighted by molar-refractivity contribution is -0.139. The molecular weight excluding hydrogens is 258 g/mol. The summed E-state index contributed by atoms with van der Waals surface area (Å²) in [5.74, 6) is -1.50. The zero-order valence-corrected chi connectivity index (χ0v) is 11.4. The first-order valence-corrected chi connectivity index (χ1v) is 7.56. The highest BCUT2D eigenvalue weighted by Gasteiger charge is 2.30. The number of hydrogen-bond donors (Lipinski definition) is 2. The molecule has 1 rings (SSSR count). The lowest BCUT2D eigenvalue weighted by Gasteiger charge is -2.12. The van der Waals surface area contributed by atoms with Crippen molar-refractivity contribution in [3.05, 3.63) is 0 Å². The summed E-state index contributed by atoms with van der Waals surface area (Å²) in [6.07, 6.45) is 0.374. The normalized spacial score (nSPS) is 21.8. The summed E-state index contributed by atoms with van der Waals surface area (Å²) < 4.78 is 22.4. The van der Waals surface area contributed by atoms with Gasteiger partial charge in [-0.25, -0.2) is 8.42 Å². The summed E-state index contributed by atoms with van der Waals surface area (Å²) in [7, 11) is 0.665. The predicted octanol–water partition coefficient (Wildman–Crippen LogP) is -2.03. The molecule has 2 N–H and O–H groups in total. The van der Waals surface area contributed by atoms with E-state index in [4.69, 9.17) is 0 Å². The Bertz CT molecular complexity index is 419. The van der Waals surface area contributed by atoms with E-state index in [1.54, 1.807) is 0 Å². The molecule has 0 aliphatic carbocycles. The van der Waals surface area contributed by atoms with Gasteiger partial charge >= 0.3 is 11.8 Å². The largest absolute Gasteiger partial charge is 0.347 e. The molecule has 18 heavy (non-hydrogen) atoms. The Labute approximate surface area is 107 Å². The van der Waals surface area contributed by atoms with Gasteiger partial charge in [0.15, 0.2) is 9.84 Å². The highest BCUT2D eigenvalue weighted by molar-refractivity contribution is 7.91. The molecule has 0 aromatic carbocycles. The zero-order chi connectivity index (χ0) is 13.8. The van der Waals surface area contributed by atoms with Gasteiger partial charge in [-0.05, 0) is 20.5 Å². The highest BCUT2D eigenvalue weighted by atomic mass is 32.2. The van der Waals surface area contributed by atoms with Crippen LogP contribution < -0.4 is 10.6 Å². The van der Waals surface area contributed by atoms with E-state index in [1.807, 2.05) is 19.0 Å². The first kappa shape index (κ1) is 14.9. The summed E-state index contributed by atoms with van der Waals surface area (Å²) in [5.41, 5.74) is 0. The molecule has 1 atom stereocenters. The number of rotatable bonds is 4. The molecule has 0 spiro atoms. The Morgan fingerprint density at radius 2 is 1.94 bits per heavy atom. The molecule has 1 aliphatic heterocycles. The van der Waals surface area contributed by atoms with Gasteiger partial charge in [0.05, 0.1) is 11.5 Å². The van der Waals surface area contributed by atoms with Gasteiger partial charge in [-0.3, -0.25) is 9.59 Å². The van der Waals surface area contributed by atoms with E-state index in [2.05, 4.69) is 10.6 Å². The van der Waals surface area contributed by atoms with Gasteiger partial charge in [0, 0.05) is 19.1 Å². The molecule has 0 saturated carbocycles. The maximum Gasteiger partial charge on any atom is 0.309 e. The first-order valence-electron chi connectivity index (χ1n) is 5.74. The second-order valence-corrected chi connectivity index (χ2v) is 6.86. The minimum absolute atomic E-state index is 0.0696. The molecule has 0 aromatic rings. The van der Waals surface area contributed by atoms with Crippen LogP contribution in [0.1, 0.15) is 6.42 Å². The molecule has 2 amide bonds. The topological polar surface area (TPSA) is 95.6 Å². The van der Waals surface area contributed by atoms with Crippen LogP contribution in [0.3, 0.4) is 0 Å². The number of carbonyl (C=O) groups is 2. The minimum Gasteiger partial charge on any atom is -0.347 e. The molecule has 1 saturated heterocycles. The van der Waals surface area contributed by atoms with Gasteiger partial charge in [0.25, 0.3) is 0 Å². The van der Waals surface area contributed by atoms with Crippen LogP contribution in [0.25, 0.3) is 0 Å². The number of carbonyl (C=O) groups excluding carboxylic acids is 2. The summed E-state index contributed by atoms with van der Waals surface area (Å²) >= 11 is 0. The monoisotopic (exact) mass is 277 g/mol. The highest BCUT2D eigenvalue weighted by Crippen LogP contribution is 2.10. The molecule has 0 aromatic heterocycles. The van der Waals surface area contributed by atoms with Crippen LogP contribution >= 0.6 is 0 Å². The Balaban J connectivity index is 2.30. The quantitative estimate of drug-likeness (QED) is 0.578. The van der Waals surface area contributed by atoms with Gasteiger partial charge in [0.1, 0.15) is 0 Å². The zero-order valence-electron chi connectivity index (χ0n) is 10.6. The van der Waals surface area contributed by atoms with Crippen molar-refractivity contribution in [1.29, 1.82) is 0 Å². The second-order valence-electron chi connectivity index (χ2n) is 4.63. The molecule has 8 heteroatoms. The van der Waals surface area contributed by atoms with Crippen molar-refractivity contribution in [3.63, 3.8) is 0 Å². The first-order chi connectivity index (χ1) is 8.30. The minimum atomic E-state index is -3.05. The van der Waals surface area contributed by atoms with Crippen molar-refractivity contribution < 1.29 is 18.0 Å². The SMILES string of the molecule is CN(C)CCNC(=O)C(=O)NC1CCS(=O)(=O)C1. The smallest absolute Gasteiger partial charge is 0.309 e. The molecule has 1 heterocycles. The molecule has 1 aliphatic rings. The van der Waals surface area contributed by atoms with Crippen LogP contribution in [0, 0.1) is 0 Å². The fourth-order valence-corrected chi connectivity index (χ4v) is 3.31. The van der Waals surface area contributed by atoms with Crippen LogP contribution in [0.15, 0.2) is 0 Å². The standard InChI is InChI=1S/C10H19N3O4S/c1-13(2)5-4-11-9(14)10(15)12-8-3-6-18(16,17)7-8/h8H,3-7H2,1-2H3,(H,11,14)(H,12,15). The number of likely N-dealkylation sites (N-methyl/N-ethyl adjacent to an activating group) is 1. The van der Waals surface area contributed by atoms with Crippen molar-refractivity contribution in [3.8, 4) is 0 Å². The Kier molecular flexibility index (Phi) is 5.09. The number of amides is 2. The van der Waals surface area contributed by atoms with Gasteiger partial charge in [0.2, 0.25) is 0 Å². The maximum atomic E-state index is 11.5. The van der Waals surface area contributed by atoms with Crippen LogP contribution in [-0.4, -0.2) is 69.9 Å². The van der Waals surface area contributed by atoms with Crippen molar-refractivity contribution in [2.24, 2.45) is 0 Å². The Morgan fingerprint density at radius 3 is 2.44 bits per heavy atom. The van der Waals surface area contributed by atoms with Crippen molar-refractivity contribution >= 4 is 21.7 Å². The lowest BCUT2D eigenvalue weighted by atomic mass is 10.2. The summed E-state index contributed by atoms with van der Waals surface area (Å²) in [5, 5.41) is 4.89. The third-order valence-electron chi connectivity index (χ3n) is 2.62. The van der Waals surface area contributed by atoms with Gasteiger partial charge in [-0.1, -0.05) is 0 Å². The molecule has 7 nitrogen and oxygen atoms in total. The summed E-state index contributed by atoms with van der Waals surface area (Å²) in [6.45, 7) is 1.01. The van der Waals surface area contributed by atoms with Gasteiger partial charge in [-0.2, -0.15) is 0 Å². The van der Waals surface area contributed by atoms with E-state index in [0.29, 0.717) is 19.5 Å². The average molecular weight is 277 g/mol. The number of nitrogens with zero attached hydrogens (tertiary/aromatic N) is 1. The lowest BCUT2D eigenvalue weighted by Crippen LogP contribution is -2.46. The number of sulfone groups is 1.